The summed E-state index contributed by atoms with van der Waals surface area (Å²) in [6.45, 7) is 4.59. The van der Waals surface area contributed by atoms with E-state index < -0.39 is 0 Å². The van der Waals surface area contributed by atoms with E-state index in [1.54, 1.807) is 0 Å². The second-order valence-corrected chi connectivity index (χ2v) is 6.87. The van der Waals surface area contributed by atoms with Crippen molar-refractivity contribution in [2.75, 3.05) is 6.61 Å². The van der Waals surface area contributed by atoms with Crippen LogP contribution in [-0.4, -0.2) is 21.2 Å². The van der Waals surface area contributed by atoms with Crippen LogP contribution in [0.2, 0.25) is 0 Å². The van der Waals surface area contributed by atoms with Crippen LogP contribution in [0.15, 0.2) is 53.3 Å². The zero-order chi connectivity index (χ0) is 18.1. The highest BCUT2D eigenvalue weighted by Gasteiger charge is 2.13. The number of ether oxygens (including phenoxy) is 1. The molecule has 5 nitrogen and oxygen atoms in total. The number of fused-ring (bicyclic) bond motifs is 1. The lowest BCUT2D eigenvalue weighted by Gasteiger charge is -2.01. The van der Waals surface area contributed by atoms with Gasteiger partial charge in [-0.15, -0.1) is 5.10 Å². The van der Waals surface area contributed by atoms with Crippen molar-refractivity contribution in [3.63, 3.8) is 0 Å². The molecule has 0 amide bonds. The molecule has 0 unspecified atom stereocenters. The second kappa shape index (κ2) is 6.72. The van der Waals surface area contributed by atoms with E-state index >= 15 is 0 Å². The molecule has 0 fully saturated rings. The molecule has 0 aliphatic rings. The Bertz CT molecular complexity index is 1180. The lowest BCUT2D eigenvalue weighted by molar-refractivity contribution is 0.340. The minimum absolute atomic E-state index is 0.147. The van der Waals surface area contributed by atoms with Gasteiger partial charge in [-0.05, 0) is 43.2 Å². The fourth-order valence-electron chi connectivity index (χ4n) is 2.75. The number of aryl methyl sites for hydroxylation is 1. The summed E-state index contributed by atoms with van der Waals surface area (Å²) in [6.07, 6.45) is 1.85. The summed E-state index contributed by atoms with van der Waals surface area (Å²) in [5.74, 6) is 1.40. The Morgan fingerprint density at radius 2 is 1.92 bits per heavy atom. The average molecular weight is 363 g/mol. The van der Waals surface area contributed by atoms with Crippen LogP contribution >= 0.6 is 11.3 Å². The number of nitrogens with zero attached hydrogens (tertiary/aromatic N) is 3. The van der Waals surface area contributed by atoms with Crippen molar-refractivity contribution in [1.82, 2.24) is 14.6 Å². The van der Waals surface area contributed by atoms with E-state index in [4.69, 9.17) is 4.74 Å². The molecule has 4 rings (SSSR count). The van der Waals surface area contributed by atoms with Crippen molar-refractivity contribution in [3.05, 3.63) is 74.5 Å². The molecular formula is C20H17N3O2S. The smallest absolute Gasteiger partial charge is 0.291 e. The molecule has 0 aliphatic carbocycles. The molecule has 0 N–H and O–H groups in total. The molecule has 0 spiro atoms. The first-order chi connectivity index (χ1) is 12.7. The highest BCUT2D eigenvalue weighted by Crippen LogP contribution is 2.20. The molecule has 0 bridgehead atoms. The van der Waals surface area contributed by atoms with Gasteiger partial charge in [-0.25, -0.2) is 0 Å². The van der Waals surface area contributed by atoms with Crippen LogP contribution in [-0.2, 0) is 0 Å². The van der Waals surface area contributed by atoms with Gasteiger partial charge in [-0.1, -0.05) is 47.7 Å². The number of rotatable bonds is 4. The largest absolute Gasteiger partial charge is 0.494 e. The van der Waals surface area contributed by atoms with E-state index in [0.717, 1.165) is 22.4 Å². The van der Waals surface area contributed by atoms with Crippen LogP contribution in [0.5, 0.6) is 5.75 Å². The highest BCUT2D eigenvalue weighted by atomic mass is 32.1. The molecule has 26 heavy (non-hydrogen) atoms. The van der Waals surface area contributed by atoms with Crippen LogP contribution in [0.25, 0.3) is 22.4 Å². The summed E-state index contributed by atoms with van der Waals surface area (Å²) in [5.41, 5.74) is 2.82. The maximum atomic E-state index is 12.6. The number of aromatic nitrogens is 3. The van der Waals surface area contributed by atoms with Gasteiger partial charge in [-0.3, -0.25) is 4.79 Å². The monoisotopic (exact) mass is 363 g/mol. The van der Waals surface area contributed by atoms with Gasteiger partial charge in [0.05, 0.1) is 11.1 Å². The lowest BCUT2D eigenvalue weighted by atomic mass is 10.1. The van der Waals surface area contributed by atoms with Crippen molar-refractivity contribution < 1.29 is 4.74 Å². The van der Waals surface area contributed by atoms with Gasteiger partial charge in [0.2, 0.25) is 4.96 Å². The van der Waals surface area contributed by atoms with E-state index in [-0.39, 0.29) is 5.56 Å². The van der Waals surface area contributed by atoms with Gasteiger partial charge < -0.3 is 4.74 Å². The Morgan fingerprint density at radius 3 is 2.62 bits per heavy atom. The number of hydrogen-bond donors (Lipinski definition) is 0. The third-order valence-electron chi connectivity index (χ3n) is 4.06. The minimum Gasteiger partial charge on any atom is -0.494 e. The molecule has 0 radical (unpaired) electrons. The normalized spacial score (nSPS) is 12.0. The third-order valence-corrected chi connectivity index (χ3v) is 5.02. The Hall–Kier alpha value is -2.99. The van der Waals surface area contributed by atoms with Crippen molar-refractivity contribution in [2.45, 2.75) is 13.8 Å². The fraction of sp³-hybridized carbons (Fsp3) is 0.150. The zero-order valence-corrected chi connectivity index (χ0v) is 15.3. The molecule has 2 heterocycles. The quantitative estimate of drug-likeness (QED) is 0.559. The van der Waals surface area contributed by atoms with E-state index in [0.29, 0.717) is 21.9 Å². The van der Waals surface area contributed by atoms with Crippen LogP contribution < -0.4 is 14.8 Å². The van der Waals surface area contributed by atoms with E-state index in [2.05, 4.69) is 10.1 Å². The van der Waals surface area contributed by atoms with Gasteiger partial charge in [0.15, 0.2) is 5.82 Å². The summed E-state index contributed by atoms with van der Waals surface area (Å²) in [5, 5.41) is 4.41. The average Bonchev–Trinajstić information content (AvgIpc) is 3.17. The molecule has 130 valence electrons. The fourth-order valence-corrected chi connectivity index (χ4v) is 3.66. The predicted molar refractivity (Wildman–Crippen MR) is 104 cm³/mol. The molecule has 0 aliphatic heterocycles. The minimum atomic E-state index is -0.147. The Balaban J connectivity index is 1.74. The topological polar surface area (TPSA) is 56.5 Å². The molecule has 0 atom stereocenters. The van der Waals surface area contributed by atoms with Gasteiger partial charge in [-0.2, -0.15) is 9.50 Å². The van der Waals surface area contributed by atoms with E-state index in [1.807, 2.05) is 68.5 Å². The molecule has 4 aromatic rings. The lowest BCUT2D eigenvalue weighted by Crippen LogP contribution is -2.23. The van der Waals surface area contributed by atoms with Gasteiger partial charge >= 0.3 is 0 Å². The summed E-state index contributed by atoms with van der Waals surface area (Å²) in [4.78, 5) is 17.8. The highest BCUT2D eigenvalue weighted by molar-refractivity contribution is 7.15. The van der Waals surface area contributed by atoms with Crippen LogP contribution in [0.1, 0.15) is 18.1 Å². The molecule has 6 heteroatoms. The molecular weight excluding hydrogens is 346 g/mol. The summed E-state index contributed by atoms with van der Waals surface area (Å²) < 4.78 is 7.43. The first-order valence-corrected chi connectivity index (χ1v) is 9.17. The van der Waals surface area contributed by atoms with Crippen molar-refractivity contribution in [1.29, 1.82) is 0 Å². The van der Waals surface area contributed by atoms with Crippen LogP contribution in [0, 0.1) is 6.92 Å². The third kappa shape index (κ3) is 2.99. The number of benzene rings is 2. The standard InChI is InChI=1S/C20H17N3O2S/c1-3-25-15-10-8-14(9-11-15)12-17-19(24)23-20(26-17)21-18(22-23)16-7-5-4-6-13(16)2/h4-12H,3H2,1-2H3/b17-12+. The zero-order valence-electron chi connectivity index (χ0n) is 14.5. The predicted octanol–water partition coefficient (Wildman–Crippen LogP) is 3.07. The van der Waals surface area contributed by atoms with E-state index in [1.165, 1.54) is 15.9 Å². The van der Waals surface area contributed by atoms with E-state index in [9.17, 15) is 4.79 Å². The first-order valence-electron chi connectivity index (χ1n) is 8.36. The Labute approximate surface area is 154 Å². The summed E-state index contributed by atoms with van der Waals surface area (Å²) >= 11 is 1.34. The summed E-state index contributed by atoms with van der Waals surface area (Å²) in [6, 6.07) is 15.5. The summed E-state index contributed by atoms with van der Waals surface area (Å²) in [7, 11) is 0. The molecule has 2 aromatic carbocycles. The number of thiazole rings is 1. The van der Waals surface area contributed by atoms with Crippen molar-refractivity contribution >= 4 is 22.4 Å². The van der Waals surface area contributed by atoms with Crippen molar-refractivity contribution in [2.24, 2.45) is 0 Å². The molecule has 0 saturated heterocycles. The second-order valence-electron chi connectivity index (χ2n) is 5.86. The maximum absolute atomic E-state index is 12.6. The maximum Gasteiger partial charge on any atom is 0.291 e. The Kier molecular flexibility index (Phi) is 4.26. The van der Waals surface area contributed by atoms with Gasteiger partial charge in [0, 0.05) is 5.56 Å². The SMILES string of the molecule is CCOc1ccc(/C=c2/sc3nc(-c4ccccc4C)nn3c2=O)cc1. The van der Waals surface area contributed by atoms with Crippen LogP contribution in [0.3, 0.4) is 0 Å². The van der Waals surface area contributed by atoms with Gasteiger partial charge in [0.1, 0.15) is 5.75 Å². The first kappa shape index (κ1) is 16.5. The van der Waals surface area contributed by atoms with Gasteiger partial charge in [0.25, 0.3) is 5.56 Å². The van der Waals surface area contributed by atoms with Crippen molar-refractivity contribution in [3.8, 4) is 17.1 Å². The number of hydrogen-bond acceptors (Lipinski definition) is 5. The molecule has 2 aromatic heterocycles. The Morgan fingerprint density at radius 1 is 1.15 bits per heavy atom. The molecule has 0 saturated carbocycles. The van der Waals surface area contributed by atoms with Crippen LogP contribution in [0.4, 0.5) is 0 Å².